The summed E-state index contributed by atoms with van der Waals surface area (Å²) in [6, 6.07) is 14.2. The largest absolute Gasteiger partial charge is 0.496 e. The Morgan fingerprint density at radius 2 is 1.88 bits per heavy atom. The lowest BCUT2D eigenvalue weighted by Gasteiger charge is -2.14. The topological polar surface area (TPSA) is 31.4 Å². The van der Waals surface area contributed by atoms with Crippen molar-refractivity contribution in [2.45, 2.75) is 6.42 Å². The third-order valence-corrected chi connectivity index (χ3v) is 4.15. The van der Waals surface area contributed by atoms with Crippen LogP contribution in [-0.4, -0.2) is 19.2 Å². The van der Waals surface area contributed by atoms with Gasteiger partial charge >= 0.3 is 0 Å². The molecule has 0 unspecified atom stereocenters. The van der Waals surface area contributed by atoms with Crippen molar-refractivity contribution in [3.63, 3.8) is 0 Å². The number of benzene rings is 2. The number of methoxy groups -OCH3 is 2. The van der Waals surface area contributed by atoms with Crippen molar-refractivity contribution in [2.24, 2.45) is 0 Å². The number of ether oxygens (including phenoxy) is 2. The molecule has 0 aliphatic heterocycles. The summed E-state index contributed by atoms with van der Waals surface area (Å²) in [5.74, 6) is 0.673. The second-order valence-corrected chi connectivity index (χ2v) is 5.95. The van der Waals surface area contributed by atoms with Gasteiger partial charge in [0.1, 0.15) is 11.6 Å². The maximum absolute atomic E-state index is 15.2. The number of aromatic nitrogens is 1. The average molecular weight is 358 g/mol. The molecule has 5 heteroatoms. The van der Waals surface area contributed by atoms with Crippen LogP contribution in [0.1, 0.15) is 11.1 Å². The summed E-state index contributed by atoms with van der Waals surface area (Å²) in [6.07, 6.45) is 2.10. The van der Waals surface area contributed by atoms with Crippen molar-refractivity contribution in [2.75, 3.05) is 14.2 Å². The van der Waals surface area contributed by atoms with Crippen molar-refractivity contribution in [3.8, 4) is 22.8 Å². The predicted molar refractivity (Wildman–Crippen MR) is 97.0 cm³/mol. The molecule has 0 bridgehead atoms. The van der Waals surface area contributed by atoms with Gasteiger partial charge in [-0.1, -0.05) is 35.9 Å². The first-order valence-electron chi connectivity index (χ1n) is 7.72. The summed E-state index contributed by atoms with van der Waals surface area (Å²) < 4.78 is 25.6. The maximum atomic E-state index is 15.2. The van der Waals surface area contributed by atoms with Gasteiger partial charge in [-0.15, -0.1) is 0 Å². The SMILES string of the molecule is COc1ccc(Cc2ccc(OC)c(-c3cccc(Cl)c3)c2F)cn1. The molecule has 1 aromatic heterocycles. The fourth-order valence-electron chi connectivity index (χ4n) is 2.68. The van der Waals surface area contributed by atoms with Gasteiger partial charge in [-0.25, -0.2) is 9.37 Å². The van der Waals surface area contributed by atoms with Gasteiger partial charge in [0, 0.05) is 23.7 Å². The van der Waals surface area contributed by atoms with Gasteiger partial charge < -0.3 is 9.47 Å². The maximum Gasteiger partial charge on any atom is 0.212 e. The van der Waals surface area contributed by atoms with E-state index in [2.05, 4.69) is 4.98 Å². The summed E-state index contributed by atoms with van der Waals surface area (Å²) >= 11 is 6.06. The van der Waals surface area contributed by atoms with Crippen LogP contribution in [0.15, 0.2) is 54.7 Å². The molecule has 3 aromatic rings. The summed E-state index contributed by atoms with van der Waals surface area (Å²) in [6.45, 7) is 0. The first-order valence-corrected chi connectivity index (χ1v) is 8.10. The molecule has 0 atom stereocenters. The number of halogens is 2. The highest BCUT2D eigenvalue weighted by Crippen LogP contribution is 2.36. The van der Waals surface area contributed by atoms with Gasteiger partial charge in [0.05, 0.1) is 19.8 Å². The van der Waals surface area contributed by atoms with Crippen molar-refractivity contribution < 1.29 is 13.9 Å². The molecule has 0 N–H and O–H groups in total. The third kappa shape index (κ3) is 3.74. The molecule has 1 heterocycles. The molecule has 0 aliphatic rings. The van der Waals surface area contributed by atoms with E-state index in [-0.39, 0.29) is 5.82 Å². The van der Waals surface area contributed by atoms with E-state index >= 15 is 4.39 Å². The van der Waals surface area contributed by atoms with Crippen molar-refractivity contribution in [1.29, 1.82) is 0 Å². The van der Waals surface area contributed by atoms with Crippen LogP contribution in [-0.2, 0) is 6.42 Å². The number of hydrogen-bond donors (Lipinski definition) is 0. The van der Waals surface area contributed by atoms with Crippen molar-refractivity contribution >= 4 is 11.6 Å². The van der Waals surface area contributed by atoms with Crippen molar-refractivity contribution in [3.05, 3.63) is 76.7 Å². The molecule has 0 aliphatic carbocycles. The standard InChI is InChI=1S/C20H17ClFNO2/c1-24-17-8-7-15(10-13-6-9-18(25-2)23-12-13)20(22)19(17)14-4-3-5-16(21)11-14/h3-9,11-12H,10H2,1-2H3. The Kier molecular flexibility index (Phi) is 5.19. The smallest absolute Gasteiger partial charge is 0.212 e. The van der Waals surface area contributed by atoms with Crippen LogP contribution in [0.25, 0.3) is 11.1 Å². The molecule has 25 heavy (non-hydrogen) atoms. The van der Waals surface area contributed by atoms with Crippen molar-refractivity contribution in [1.82, 2.24) is 4.98 Å². The van der Waals surface area contributed by atoms with Crippen LogP contribution in [0.5, 0.6) is 11.6 Å². The minimum Gasteiger partial charge on any atom is -0.496 e. The molecule has 3 rings (SSSR count). The Hall–Kier alpha value is -2.59. The van der Waals surface area contributed by atoms with E-state index in [0.29, 0.717) is 39.8 Å². The summed E-state index contributed by atoms with van der Waals surface area (Å²) in [5, 5.41) is 0.545. The first-order chi connectivity index (χ1) is 12.1. The summed E-state index contributed by atoms with van der Waals surface area (Å²) in [7, 11) is 3.08. The highest BCUT2D eigenvalue weighted by Gasteiger charge is 2.16. The second kappa shape index (κ2) is 7.53. The molecule has 0 radical (unpaired) electrons. The zero-order valence-electron chi connectivity index (χ0n) is 13.9. The van der Waals surface area contributed by atoms with Gasteiger partial charge in [-0.05, 0) is 34.9 Å². The number of hydrogen-bond acceptors (Lipinski definition) is 3. The fraction of sp³-hybridized carbons (Fsp3) is 0.150. The monoisotopic (exact) mass is 357 g/mol. The predicted octanol–water partition coefficient (Wildman–Crippen LogP) is 5.15. The highest BCUT2D eigenvalue weighted by molar-refractivity contribution is 6.30. The van der Waals surface area contributed by atoms with Crippen LogP contribution in [0.4, 0.5) is 4.39 Å². The van der Waals surface area contributed by atoms with Gasteiger partial charge in [0.2, 0.25) is 5.88 Å². The number of rotatable bonds is 5. The van der Waals surface area contributed by atoms with Crippen LogP contribution < -0.4 is 9.47 Å². The Bertz CT molecular complexity index is 881. The molecule has 0 amide bonds. The van der Waals surface area contributed by atoms with Gasteiger partial charge in [-0.2, -0.15) is 0 Å². The van der Waals surface area contributed by atoms with E-state index < -0.39 is 0 Å². The van der Waals surface area contributed by atoms with E-state index in [0.717, 1.165) is 5.56 Å². The lowest BCUT2D eigenvalue weighted by atomic mass is 9.97. The molecule has 128 valence electrons. The fourth-order valence-corrected chi connectivity index (χ4v) is 2.87. The first kappa shape index (κ1) is 17.2. The highest BCUT2D eigenvalue weighted by atomic mass is 35.5. The van der Waals surface area contributed by atoms with Crippen LogP contribution in [0.3, 0.4) is 0 Å². The third-order valence-electron chi connectivity index (χ3n) is 3.92. The molecule has 0 saturated heterocycles. The van der Waals surface area contributed by atoms with E-state index in [1.807, 2.05) is 12.1 Å². The average Bonchev–Trinajstić information content (AvgIpc) is 2.63. The van der Waals surface area contributed by atoms with Gasteiger partial charge in [0.15, 0.2) is 0 Å². The van der Waals surface area contributed by atoms with Gasteiger partial charge in [0.25, 0.3) is 0 Å². The molecular weight excluding hydrogens is 341 g/mol. The Morgan fingerprint density at radius 3 is 2.52 bits per heavy atom. The Morgan fingerprint density at radius 1 is 1.04 bits per heavy atom. The molecule has 0 spiro atoms. The number of pyridine rings is 1. The molecule has 2 aromatic carbocycles. The minimum atomic E-state index is -0.322. The quantitative estimate of drug-likeness (QED) is 0.632. The lowest BCUT2D eigenvalue weighted by Crippen LogP contribution is -1.99. The molecule has 0 saturated carbocycles. The summed E-state index contributed by atoms with van der Waals surface area (Å²) in [5.41, 5.74) is 2.53. The molecule has 0 fully saturated rings. The lowest BCUT2D eigenvalue weighted by molar-refractivity contribution is 0.397. The van der Waals surface area contributed by atoms with Crippen LogP contribution in [0.2, 0.25) is 5.02 Å². The Labute approximate surface area is 151 Å². The van der Waals surface area contributed by atoms with Crippen LogP contribution >= 0.6 is 11.6 Å². The molecular formula is C20H17ClFNO2. The minimum absolute atomic E-state index is 0.322. The number of nitrogens with zero attached hydrogens (tertiary/aromatic N) is 1. The van der Waals surface area contributed by atoms with E-state index in [1.54, 1.807) is 49.7 Å². The van der Waals surface area contributed by atoms with Gasteiger partial charge in [-0.3, -0.25) is 0 Å². The van der Waals surface area contributed by atoms with E-state index in [9.17, 15) is 0 Å². The normalized spacial score (nSPS) is 10.6. The van der Waals surface area contributed by atoms with E-state index in [1.165, 1.54) is 7.11 Å². The summed E-state index contributed by atoms with van der Waals surface area (Å²) in [4.78, 5) is 4.16. The second-order valence-electron chi connectivity index (χ2n) is 5.51. The van der Waals surface area contributed by atoms with Crippen LogP contribution in [0, 0.1) is 5.82 Å². The Balaban J connectivity index is 2.02. The molecule has 3 nitrogen and oxygen atoms in total. The van der Waals surface area contributed by atoms with E-state index in [4.69, 9.17) is 21.1 Å². The zero-order valence-corrected chi connectivity index (χ0v) is 14.7. The zero-order chi connectivity index (χ0) is 17.8.